The predicted molar refractivity (Wildman–Crippen MR) is 34.2 cm³/mol. The number of oxime groups is 1. The lowest BCUT2D eigenvalue weighted by Crippen LogP contribution is -2.13. The van der Waals surface area contributed by atoms with Crippen LogP contribution in [-0.4, -0.2) is 26.3 Å². The summed E-state index contributed by atoms with van der Waals surface area (Å²) in [6.45, 7) is 3.60. The molecule has 0 bridgehead atoms. The smallest absolute Gasteiger partial charge is 0.319 e. The maximum absolute atomic E-state index is 10.4. The van der Waals surface area contributed by atoms with Crippen LogP contribution >= 0.6 is 0 Å². The molecule has 0 aromatic rings. The van der Waals surface area contributed by atoms with Gasteiger partial charge in [0.15, 0.2) is 0 Å². The van der Waals surface area contributed by atoms with Gasteiger partial charge in [-0.3, -0.25) is 0 Å². The number of nitrogens with one attached hydrogen (secondary N) is 1. The third-order valence-corrected chi connectivity index (χ3v) is 0.745. The molecule has 4 nitrogen and oxygen atoms in total. The first-order valence-corrected chi connectivity index (χ1v) is 2.61. The monoisotopic (exact) mass is 130 g/mol. The van der Waals surface area contributed by atoms with Crippen LogP contribution in [0.2, 0.25) is 0 Å². The molecule has 0 atom stereocenters. The van der Waals surface area contributed by atoms with Crippen LogP contribution in [0.1, 0.15) is 6.42 Å². The van der Waals surface area contributed by atoms with E-state index in [1.165, 1.54) is 0 Å². The van der Waals surface area contributed by atoms with E-state index in [1.807, 2.05) is 0 Å². The van der Waals surface area contributed by atoms with Gasteiger partial charge < -0.3 is 10.2 Å². The van der Waals surface area contributed by atoms with Gasteiger partial charge in [0.1, 0.15) is 0 Å². The van der Waals surface area contributed by atoms with Gasteiger partial charge in [-0.2, -0.15) is 0 Å². The van der Waals surface area contributed by atoms with Crippen LogP contribution in [0.3, 0.4) is 0 Å². The van der Waals surface area contributed by atoms with E-state index in [0.717, 1.165) is 0 Å². The SMILES string of the molecule is C=NOC(=O)CCNC. The van der Waals surface area contributed by atoms with Crippen LogP contribution in [0, 0.1) is 0 Å². The maximum Gasteiger partial charge on any atom is 0.336 e. The van der Waals surface area contributed by atoms with Crippen molar-refractivity contribution in [3.05, 3.63) is 0 Å². The lowest BCUT2D eigenvalue weighted by molar-refractivity contribution is -0.143. The van der Waals surface area contributed by atoms with Crippen molar-refractivity contribution in [3.8, 4) is 0 Å². The van der Waals surface area contributed by atoms with E-state index in [4.69, 9.17) is 0 Å². The molecule has 0 heterocycles. The molecule has 0 aromatic heterocycles. The van der Waals surface area contributed by atoms with Crippen LogP contribution in [0.5, 0.6) is 0 Å². The highest BCUT2D eigenvalue weighted by atomic mass is 16.7. The van der Waals surface area contributed by atoms with E-state index in [-0.39, 0.29) is 5.97 Å². The number of hydrogen-bond donors (Lipinski definition) is 1. The summed E-state index contributed by atoms with van der Waals surface area (Å²) in [5, 5.41) is 5.76. The lowest BCUT2D eigenvalue weighted by atomic mass is 10.4. The molecule has 0 fully saturated rings. The second-order valence-corrected chi connectivity index (χ2v) is 1.45. The van der Waals surface area contributed by atoms with Gasteiger partial charge in [0.2, 0.25) is 0 Å². The maximum atomic E-state index is 10.4. The van der Waals surface area contributed by atoms with Crippen molar-refractivity contribution in [2.45, 2.75) is 6.42 Å². The Kier molecular flexibility index (Phi) is 4.72. The third kappa shape index (κ3) is 4.96. The van der Waals surface area contributed by atoms with Gasteiger partial charge in [-0.1, -0.05) is 5.16 Å². The Balaban J connectivity index is 3.16. The zero-order valence-electron chi connectivity index (χ0n) is 5.39. The normalized spacial score (nSPS) is 8.56. The van der Waals surface area contributed by atoms with Crippen molar-refractivity contribution in [3.63, 3.8) is 0 Å². The molecule has 0 saturated carbocycles. The Morgan fingerprint density at radius 3 is 3.00 bits per heavy atom. The quantitative estimate of drug-likeness (QED) is 0.324. The molecule has 0 aliphatic heterocycles. The first-order chi connectivity index (χ1) is 4.31. The highest BCUT2D eigenvalue weighted by Crippen LogP contribution is 1.82. The molecule has 1 N–H and O–H groups in total. The standard InChI is InChI=1S/C5H10N2O2/c1-6-4-3-5(8)9-7-2/h6H,2-4H2,1H3. The summed E-state index contributed by atoms with van der Waals surface area (Å²) in [4.78, 5) is 14.6. The lowest BCUT2D eigenvalue weighted by Gasteiger charge is -1.94. The summed E-state index contributed by atoms with van der Waals surface area (Å²) in [5.74, 6) is -0.362. The topological polar surface area (TPSA) is 50.7 Å². The summed E-state index contributed by atoms with van der Waals surface area (Å²) < 4.78 is 0. The molecule has 0 unspecified atom stereocenters. The average molecular weight is 130 g/mol. The molecular formula is C5H10N2O2. The van der Waals surface area contributed by atoms with Gasteiger partial charge in [0.05, 0.1) is 6.42 Å². The number of carbonyl (C=O) groups is 1. The number of carbonyl (C=O) groups excluding carboxylic acids is 1. The van der Waals surface area contributed by atoms with Crippen molar-refractivity contribution in [2.75, 3.05) is 13.6 Å². The van der Waals surface area contributed by atoms with Crippen molar-refractivity contribution in [1.29, 1.82) is 0 Å². The third-order valence-electron chi connectivity index (χ3n) is 0.745. The Morgan fingerprint density at radius 2 is 2.56 bits per heavy atom. The average Bonchev–Trinajstić information content (AvgIpc) is 1.85. The van der Waals surface area contributed by atoms with Gasteiger partial charge >= 0.3 is 5.97 Å². The van der Waals surface area contributed by atoms with Crippen molar-refractivity contribution in [2.24, 2.45) is 5.16 Å². The van der Waals surface area contributed by atoms with E-state index in [0.29, 0.717) is 13.0 Å². The predicted octanol–water partition coefficient (Wildman–Crippen LogP) is -0.245. The summed E-state index contributed by atoms with van der Waals surface area (Å²) in [6.07, 6.45) is 0.329. The zero-order chi connectivity index (χ0) is 7.11. The van der Waals surface area contributed by atoms with E-state index in [9.17, 15) is 4.79 Å². The van der Waals surface area contributed by atoms with Crippen molar-refractivity contribution in [1.82, 2.24) is 5.32 Å². The molecular weight excluding hydrogens is 120 g/mol. The first-order valence-electron chi connectivity index (χ1n) is 2.61. The molecule has 0 rings (SSSR count). The summed E-state index contributed by atoms with van der Waals surface area (Å²) in [7, 11) is 1.76. The molecule has 0 spiro atoms. The van der Waals surface area contributed by atoms with Gasteiger partial charge in [-0.25, -0.2) is 4.79 Å². The Labute approximate surface area is 53.9 Å². The molecule has 52 valence electrons. The second-order valence-electron chi connectivity index (χ2n) is 1.45. The van der Waals surface area contributed by atoms with E-state index >= 15 is 0 Å². The number of rotatable bonds is 4. The summed E-state index contributed by atoms with van der Waals surface area (Å²) in [5.41, 5.74) is 0. The first kappa shape index (κ1) is 8.10. The molecule has 4 heteroatoms. The van der Waals surface area contributed by atoms with Gasteiger partial charge in [0, 0.05) is 13.3 Å². The molecule has 0 saturated heterocycles. The van der Waals surface area contributed by atoms with Crippen LogP contribution in [-0.2, 0) is 9.63 Å². The highest BCUT2D eigenvalue weighted by molar-refractivity contribution is 5.69. The van der Waals surface area contributed by atoms with Gasteiger partial charge in [-0.05, 0) is 7.05 Å². The minimum atomic E-state index is -0.362. The molecule has 9 heavy (non-hydrogen) atoms. The fourth-order valence-electron chi connectivity index (χ4n) is 0.345. The van der Waals surface area contributed by atoms with Gasteiger partial charge in [-0.15, -0.1) is 0 Å². The van der Waals surface area contributed by atoms with Crippen LogP contribution in [0.25, 0.3) is 0 Å². The molecule has 0 aliphatic rings. The minimum absolute atomic E-state index is 0.329. The van der Waals surface area contributed by atoms with Crippen molar-refractivity contribution < 1.29 is 9.63 Å². The van der Waals surface area contributed by atoms with E-state index in [2.05, 4.69) is 22.0 Å². The van der Waals surface area contributed by atoms with E-state index in [1.54, 1.807) is 7.05 Å². The highest BCUT2D eigenvalue weighted by Gasteiger charge is 1.97. The number of nitrogens with zero attached hydrogens (tertiary/aromatic N) is 1. The summed E-state index contributed by atoms with van der Waals surface area (Å²) >= 11 is 0. The molecule has 0 aliphatic carbocycles. The Morgan fingerprint density at radius 1 is 1.89 bits per heavy atom. The number of hydrogen-bond acceptors (Lipinski definition) is 4. The van der Waals surface area contributed by atoms with E-state index < -0.39 is 0 Å². The Bertz CT molecular complexity index is 103. The molecule has 0 amide bonds. The van der Waals surface area contributed by atoms with Crippen LogP contribution in [0.4, 0.5) is 0 Å². The molecule has 0 aromatic carbocycles. The largest absolute Gasteiger partial charge is 0.336 e. The van der Waals surface area contributed by atoms with Crippen molar-refractivity contribution >= 4 is 12.7 Å². The van der Waals surface area contributed by atoms with Crippen LogP contribution < -0.4 is 5.32 Å². The zero-order valence-corrected chi connectivity index (χ0v) is 5.39. The summed E-state index contributed by atoms with van der Waals surface area (Å²) in [6, 6.07) is 0. The Hall–Kier alpha value is -0.900. The minimum Gasteiger partial charge on any atom is -0.319 e. The fourth-order valence-corrected chi connectivity index (χ4v) is 0.345. The van der Waals surface area contributed by atoms with Gasteiger partial charge in [0.25, 0.3) is 0 Å². The fraction of sp³-hybridized carbons (Fsp3) is 0.600. The molecule has 0 radical (unpaired) electrons. The second kappa shape index (κ2) is 5.24. The van der Waals surface area contributed by atoms with Crippen LogP contribution in [0.15, 0.2) is 5.16 Å².